The molecule has 0 bridgehead atoms. The summed E-state index contributed by atoms with van der Waals surface area (Å²) in [5.41, 5.74) is 11.3. The summed E-state index contributed by atoms with van der Waals surface area (Å²) in [5.74, 6) is 0.833. The van der Waals surface area contributed by atoms with E-state index in [4.69, 9.17) is 0 Å². The van der Waals surface area contributed by atoms with E-state index in [0.717, 1.165) is 5.92 Å². The number of rotatable bonds is 6. The van der Waals surface area contributed by atoms with Crippen LogP contribution in [0.1, 0.15) is 186 Å². The van der Waals surface area contributed by atoms with Crippen molar-refractivity contribution in [1.82, 2.24) is 0 Å². The molecule has 0 aliphatic carbocycles. The fourth-order valence-corrected chi connectivity index (χ4v) is 4.07. The van der Waals surface area contributed by atoms with Gasteiger partial charge in [0.15, 0.2) is 0 Å². The van der Waals surface area contributed by atoms with Gasteiger partial charge in [0.25, 0.3) is 0 Å². The van der Waals surface area contributed by atoms with Crippen molar-refractivity contribution in [2.75, 3.05) is 14.2 Å². The van der Waals surface area contributed by atoms with Crippen LogP contribution in [0, 0.1) is 66.7 Å². The summed E-state index contributed by atoms with van der Waals surface area (Å²) in [5, 5.41) is 0. The molecule has 0 atom stereocenters. The second-order valence-electron chi connectivity index (χ2n) is 17.2. The van der Waals surface area contributed by atoms with Gasteiger partial charge in [-0.25, -0.2) is 0 Å². The van der Waals surface area contributed by atoms with Crippen molar-refractivity contribution >= 4 is 0 Å². The highest BCUT2D eigenvalue weighted by Gasteiger charge is 1.95. The Morgan fingerprint density at radius 3 is 0.810 bits per heavy atom. The van der Waals surface area contributed by atoms with Gasteiger partial charge in [-0.1, -0.05) is 272 Å². The number of ether oxygens (including phenoxy) is 1. The predicted octanol–water partition coefficient (Wildman–Crippen LogP) is 19.4. The highest BCUT2D eigenvalue weighted by molar-refractivity contribution is 5.27. The third kappa shape index (κ3) is 73.9. The number of unbranched alkanes of at least 4 members (excludes halogenated alkanes) is 6. The Morgan fingerprint density at radius 1 is 0.414 bits per heavy atom. The largest absolute Gasteiger partial charge is 0.388 e. The van der Waals surface area contributed by atoms with Gasteiger partial charge in [0.2, 0.25) is 0 Å². The van der Waals surface area contributed by atoms with E-state index < -0.39 is 0 Å². The third-order valence-corrected chi connectivity index (χ3v) is 6.66. The third-order valence-electron chi connectivity index (χ3n) is 6.66. The number of hydrogen-bond acceptors (Lipinski definition) is 1. The highest BCUT2D eigenvalue weighted by atomic mass is 16.4. The normalized spacial score (nSPS) is 9.03. The molecule has 0 fully saturated rings. The van der Waals surface area contributed by atoms with Crippen molar-refractivity contribution in [3.63, 3.8) is 0 Å². The maximum atomic E-state index is 4.25. The summed E-state index contributed by atoms with van der Waals surface area (Å²) in [4.78, 5) is 0. The first-order chi connectivity index (χ1) is 27.1. The molecule has 0 saturated carbocycles. The summed E-state index contributed by atoms with van der Waals surface area (Å²) >= 11 is 0. The lowest BCUT2D eigenvalue weighted by Crippen LogP contribution is -1.93. The molecule has 4 rings (SSSR count). The molecule has 336 valence electrons. The first-order valence-electron chi connectivity index (χ1n) is 22.7. The summed E-state index contributed by atoms with van der Waals surface area (Å²) in [6.45, 7) is 44.9. The minimum absolute atomic E-state index is 0.500. The highest BCUT2D eigenvalue weighted by Crippen LogP contribution is 2.08. The van der Waals surface area contributed by atoms with Gasteiger partial charge in [-0.3, -0.25) is 0 Å². The Labute approximate surface area is 367 Å². The van der Waals surface area contributed by atoms with Gasteiger partial charge in [0.1, 0.15) is 0 Å². The molecule has 0 amide bonds. The van der Waals surface area contributed by atoms with Gasteiger partial charge in [0.05, 0.1) is 0 Å². The number of aryl methyl sites for hydroxylation is 8. The minimum Gasteiger partial charge on any atom is -0.388 e. The summed E-state index contributed by atoms with van der Waals surface area (Å²) in [6, 6.07) is 33.7. The van der Waals surface area contributed by atoms with Crippen molar-refractivity contribution in [3.8, 4) is 0 Å². The zero-order chi connectivity index (χ0) is 46.4. The van der Waals surface area contributed by atoms with Crippen LogP contribution >= 0.6 is 0 Å². The molecule has 0 aliphatic heterocycles. The number of benzene rings is 4. The minimum atomic E-state index is 0.500. The average molecular weight is 803 g/mol. The first-order valence-corrected chi connectivity index (χ1v) is 22.7. The molecule has 58 heavy (non-hydrogen) atoms. The molecule has 0 N–H and O–H groups in total. The molecule has 0 saturated heterocycles. The van der Waals surface area contributed by atoms with Crippen LogP contribution in [0.2, 0.25) is 0 Å². The Morgan fingerprint density at radius 2 is 0.621 bits per heavy atom. The Kier molecular flexibility index (Phi) is 57.4. The SMILES string of the molecule is CC.CC(C)(C)C.CC(C)C.CCC.CCCCCCCCC.COC.Cc1cc(C)cc(C)c1.Cc1ccc(C)cc1.Cc1ccccc1.Cc1ccccc1C. The van der Waals surface area contributed by atoms with Crippen molar-refractivity contribution in [3.05, 3.63) is 142 Å². The van der Waals surface area contributed by atoms with Gasteiger partial charge in [-0.15, -0.1) is 0 Å². The van der Waals surface area contributed by atoms with Crippen LogP contribution in [0.15, 0.2) is 97.1 Å². The van der Waals surface area contributed by atoms with E-state index in [9.17, 15) is 0 Å². The lowest BCUT2D eigenvalue weighted by atomic mass is 10.0. The monoisotopic (exact) mass is 803 g/mol. The molecule has 0 aliphatic rings. The summed E-state index contributed by atoms with van der Waals surface area (Å²) in [7, 11) is 3.25. The fraction of sp³-hybridized carbons (Fsp3) is 0.579. The zero-order valence-electron chi connectivity index (χ0n) is 43.4. The Bertz CT molecular complexity index is 1200. The second-order valence-corrected chi connectivity index (χ2v) is 17.2. The van der Waals surface area contributed by atoms with E-state index in [1.807, 2.05) is 32.0 Å². The van der Waals surface area contributed by atoms with Crippen molar-refractivity contribution in [1.29, 1.82) is 0 Å². The number of hydrogen-bond donors (Lipinski definition) is 0. The van der Waals surface area contributed by atoms with Crippen LogP contribution in [0.25, 0.3) is 0 Å². The van der Waals surface area contributed by atoms with Gasteiger partial charge in [0, 0.05) is 14.2 Å². The van der Waals surface area contributed by atoms with E-state index >= 15 is 0 Å². The predicted molar refractivity (Wildman–Crippen MR) is 273 cm³/mol. The van der Waals surface area contributed by atoms with Crippen molar-refractivity contribution < 1.29 is 4.74 Å². The maximum absolute atomic E-state index is 4.25. The molecular formula is C57H102O. The molecule has 0 radical (unpaired) electrons. The van der Waals surface area contributed by atoms with Crippen molar-refractivity contribution in [2.24, 2.45) is 11.3 Å². The van der Waals surface area contributed by atoms with Crippen LogP contribution in [-0.2, 0) is 4.74 Å². The fourth-order valence-electron chi connectivity index (χ4n) is 4.07. The topological polar surface area (TPSA) is 9.23 Å². The van der Waals surface area contributed by atoms with Gasteiger partial charge in [-0.05, 0) is 77.8 Å². The van der Waals surface area contributed by atoms with Crippen LogP contribution in [0.3, 0.4) is 0 Å². The van der Waals surface area contributed by atoms with E-state index in [0.29, 0.717) is 5.41 Å². The zero-order valence-corrected chi connectivity index (χ0v) is 43.4. The molecule has 1 nitrogen and oxygen atoms in total. The van der Waals surface area contributed by atoms with Crippen molar-refractivity contribution in [2.45, 2.75) is 197 Å². The molecule has 0 unspecified atom stereocenters. The second kappa shape index (κ2) is 50.0. The van der Waals surface area contributed by atoms with Gasteiger partial charge >= 0.3 is 0 Å². The molecule has 0 heterocycles. The molecule has 0 aromatic heterocycles. The van der Waals surface area contributed by atoms with E-state index in [1.165, 1.54) is 95.9 Å². The summed E-state index contributed by atoms with van der Waals surface area (Å²) in [6.07, 6.45) is 11.2. The van der Waals surface area contributed by atoms with Gasteiger partial charge in [-0.2, -0.15) is 0 Å². The lowest BCUT2D eigenvalue weighted by Gasteiger charge is -2.05. The van der Waals surface area contributed by atoms with Gasteiger partial charge < -0.3 is 4.74 Å². The van der Waals surface area contributed by atoms with Crippen LogP contribution in [-0.4, -0.2) is 14.2 Å². The van der Waals surface area contributed by atoms with Crippen LogP contribution < -0.4 is 0 Å². The van der Waals surface area contributed by atoms with Crippen LogP contribution in [0.4, 0.5) is 0 Å². The molecule has 0 spiro atoms. The Balaban J connectivity index is -0.000000133. The molecule has 4 aromatic rings. The van der Waals surface area contributed by atoms with E-state index in [1.54, 1.807) is 14.2 Å². The van der Waals surface area contributed by atoms with E-state index in [-0.39, 0.29) is 0 Å². The average Bonchev–Trinajstić information content (AvgIpc) is 3.12. The quantitative estimate of drug-likeness (QED) is 0.176. The maximum Gasteiger partial charge on any atom is 0.0351 e. The molecule has 4 aromatic carbocycles. The Hall–Kier alpha value is -3.16. The molecule has 1 heteroatoms. The molecular weight excluding hydrogens is 701 g/mol. The first kappa shape index (κ1) is 66.6. The smallest absolute Gasteiger partial charge is 0.0351 e. The summed E-state index contributed by atoms with van der Waals surface area (Å²) < 4.78 is 4.25. The standard InChI is InChI=1S/C9H12.C9H20.2C8H10.C7H8.C5H12.C4H10.C3H8.C2H6O.C2H6/c1-7-4-8(2)6-9(3)5-7;1-3-5-7-9-8-6-4-2;1-7-3-5-8(2)6-4-7;1-7-5-3-4-6-8(7)2;1-7-5-3-2-4-6-7;1-5(2,3)4;1-4(2)3;2*1-3-2;1-2/h4-6H,1-3H3;3-9H2,1-2H3;2*3-6H,1-2H3;2-6H,1H3;1-4H3;4H,1-3H3;3H2,1-2H3;1-2H3;1-2H3. The lowest BCUT2D eigenvalue weighted by molar-refractivity contribution is 0.277. The van der Waals surface area contributed by atoms with Crippen LogP contribution in [0.5, 0.6) is 0 Å². The van der Waals surface area contributed by atoms with E-state index in [2.05, 4.69) is 215 Å². The number of methoxy groups -OCH3 is 1.